The minimum Gasteiger partial charge on any atom is -0.388 e. The number of rotatable bonds is 5. The second kappa shape index (κ2) is 8.60. The lowest BCUT2D eigenvalue weighted by Gasteiger charge is -2.22. The van der Waals surface area contributed by atoms with Crippen LogP contribution in [0, 0.1) is 0 Å². The van der Waals surface area contributed by atoms with E-state index < -0.39 is 0 Å². The highest BCUT2D eigenvalue weighted by molar-refractivity contribution is 6.30. The predicted molar refractivity (Wildman–Crippen MR) is 106 cm³/mol. The number of piperidine rings is 1. The minimum atomic E-state index is 0.708. The summed E-state index contributed by atoms with van der Waals surface area (Å²) in [5, 5.41) is 4.37. The van der Waals surface area contributed by atoms with Gasteiger partial charge in [0.05, 0.1) is 0 Å². The van der Waals surface area contributed by atoms with Crippen molar-refractivity contribution in [2.24, 2.45) is 0 Å². The van der Waals surface area contributed by atoms with E-state index in [1.54, 1.807) is 0 Å². The molecule has 1 aliphatic heterocycles. The fourth-order valence-corrected chi connectivity index (χ4v) is 3.49. The maximum atomic E-state index is 5.98. The molecule has 0 spiro atoms. The van der Waals surface area contributed by atoms with Gasteiger partial charge < -0.3 is 5.32 Å². The van der Waals surface area contributed by atoms with Gasteiger partial charge in [-0.3, -0.25) is 0 Å². The Bertz CT molecular complexity index is 679. The zero-order valence-electron chi connectivity index (χ0n) is 13.8. The molecule has 3 rings (SSSR count). The van der Waals surface area contributed by atoms with Crippen LogP contribution in [0.15, 0.2) is 54.2 Å². The van der Waals surface area contributed by atoms with E-state index in [1.807, 2.05) is 12.1 Å². The van der Waals surface area contributed by atoms with E-state index in [4.69, 9.17) is 23.2 Å². The molecule has 1 nitrogen and oxygen atoms in total. The zero-order valence-corrected chi connectivity index (χ0v) is 15.3. The highest BCUT2D eigenvalue weighted by Gasteiger charge is 2.12. The Morgan fingerprint density at radius 1 is 0.917 bits per heavy atom. The quantitative estimate of drug-likeness (QED) is 0.599. The molecule has 1 aliphatic rings. The third-order valence-electron chi connectivity index (χ3n) is 4.53. The summed E-state index contributed by atoms with van der Waals surface area (Å²) in [5.74, 6) is 0.708. The van der Waals surface area contributed by atoms with Crippen LogP contribution in [0.4, 0.5) is 0 Å². The molecule has 0 amide bonds. The second-order valence-corrected chi connectivity index (χ2v) is 7.03. The van der Waals surface area contributed by atoms with Gasteiger partial charge in [-0.15, -0.1) is 11.6 Å². The Labute approximate surface area is 154 Å². The average molecular weight is 360 g/mol. The number of nitrogens with one attached hydrogen (secondary N) is 1. The number of hydrogen-bond acceptors (Lipinski definition) is 1. The molecule has 0 radical (unpaired) electrons. The van der Waals surface area contributed by atoms with Crippen molar-refractivity contribution < 1.29 is 0 Å². The van der Waals surface area contributed by atoms with Gasteiger partial charge in [-0.1, -0.05) is 48.0 Å². The number of alkyl halides is 1. The Morgan fingerprint density at radius 3 is 2.17 bits per heavy atom. The molecule has 3 heteroatoms. The van der Waals surface area contributed by atoms with E-state index >= 15 is 0 Å². The lowest BCUT2D eigenvalue weighted by atomic mass is 9.93. The molecule has 0 unspecified atom stereocenters. The summed E-state index contributed by atoms with van der Waals surface area (Å²) in [7, 11) is 0. The molecule has 126 valence electrons. The first-order valence-corrected chi connectivity index (χ1v) is 9.57. The van der Waals surface area contributed by atoms with Crippen LogP contribution < -0.4 is 5.32 Å². The SMILES string of the molecule is ClCCCC(=C1CCCCN1)c1ccc(-c2ccc(Cl)cc2)cc1. The van der Waals surface area contributed by atoms with Crippen LogP contribution in [-0.2, 0) is 0 Å². The Hall–Kier alpha value is -1.44. The summed E-state index contributed by atoms with van der Waals surface area (Å²) in [6.07, 6.45) is 5.74. The van der Waals surface area contributed by atoms with Gasteiger partial charge in [-0.05, 0) is 66.5 Å². The van der Waals surface area contributed by atoms with Crippen molar-refractivity contribution in [1.82, 2.24) is 5.32 Å². The predicted octanol–water partition coefficient (Wildman–Crippen LogP) is 6.51. The van der Waals surface area contributed by atoms with Crippen molar-refractivity contribution >= 4 is 28.8 Å². The Morgan fingerprint density at radius 2 is 1.58 bits per heavy atom. The van der Waals surface area contributed by atoms with Crippen LogP contribution in [0.1, 0.15) is 37.7 Å². The van der Waals surface area contributed by atoms with Gasteiger partial charge in [-0.2, -0.15) is 0 Å². The Kier molecular flexibility index (Phi) is 6.23. The number of halogens is 2. The van der Waals surface area contributed by atoms with E-state index in [-0.39, 0.29) is 0 Å². The van der Waals surface area contributed by atoms with Gasteiger partial charge in [-0.25, -0.2) is 0 Å². The molecule has 1 saturated heterocycles. The van der Waals surface area contributed by atoms with E-state index in [2.05, 4.69) is 41.7 Å². The fourth-order valence-electron chi connectivity index (χ4n) is 3.23. The van der Waals surface area contributed by atoms with E-state index in [9.17, 15) is 0 Å². The van der Waals surface area contributed by atoms with Crippen molar-refractivity contribution in [2.45, 2.75) is 32.1 Å². The summed E-state index contributed by atoms with van der Waals surface area (Å²) >= 11 is 11.9. The lowest BCUT2D eigenvalue weighted by molar-refractivity contribution is 0.587. The molecule has 24 heavy (non-hydrogen) atoms. The standard InChI is InChI=1S/C21H23Cl2N/c22-14-3-4-20(21-5-1-2-15-24-21)18-8-6-16(7-9-18)17-10-12-19(23)13-11-17/h6-13,24H,1-5,14-15H2. The molecule has 1 fully saturated rings. The Balaban J connectivity index is 1.87. The van der Waals surface area contributed by atoms with E-state index in [0.29, 0.717) is 5.88 Å². The van der Waals surface area contributed by atoms with Crippen molar-refractivity contribution in [3.05, 3.63) is 64.8 Å². The molecule has 0 bridgehead atoms. The summed E-state index contributed by atoms with van der Waals surface area (Å²) in [6, 6.07) is 16.9. The van der Waals surface area contributed by atoms with Crippen LogP contribution in [0.5, 0.6) is 0 Å². The maximum Gasteiger partial charge on any atom is 0.0406 e. The largest absolute Gasteiger partial charge is 0.388 e. The summed E-state index contributed by atoms with van der Waals surface area (Å²) < 4.78 is 0. The van der Waals surface area contributed by atoms with E-state index in [0.717, 1.165) is 30.8 Å². The molecule has 0 saturated carbocycles. The highest BCUT2D eigenvalue weighted by atomic mass is 35.5. The monoisotopic (exact) mass is 359 g/mol. The molecule has 2 aromatic carbocycles. The molecule has 1 N–H and O–H groups in total. The van der Waals surface area contributed by atoms with Crippen molar-refractivity contribution in [2.75, 3.05) is 12.4 Å². The fraction of sp³-hybridized carbons (Fsp3) is 0.333. The van der Waals surface area contributed by atoms with Crippen molar-refractivity contribution in [1.29, 1.82) is 0 Å². The number of benzene rings is 2. The highest BCUT2D eigenvalue weighted by Crippen LogP contribution is 2.29. The van der Waals surface area contributed by atoms with Crippen molar-refractivity contribution in [3.8, 4) is 11.1 Å². The first-order chi connectivity index (χ1) is 11.8. The number of hydrogen-bond donors (Lipinski definition) is 1. The zero-order chi connectivity index (χ0) is 16.8. The summed E-state index contributed by atoms with van der Waals surface area (Å²) in [4.78, 5) is 0. The van der Waals surface area contributed by atoms with Crippen LogP contribution >= 0.6 is 23.2 Å². The third-order valence-corrected chi connectivity index (χ3v) is 5.05. The average Bonchev–Trinajstić information content (AvgIpc) is 2.64. The van der Waals surface area contributed by atoms with Crippen LogP contribution in [-0.4, -0.2) is 12.4 Å². The van der Waals surface area contributed by atoms with E-state index in [1.165, 1.54) is 40.8 Å². The summed E-state index contributed by atoms with van der Waals surface area (Å²) in [5.41, 5.74) is 6.55. The lowest BCUT2D eigenvalue weighted by Crippen LogP contribution is -2.21. The maximum absolute atomic E-state index is 5.98. The molecular formula is C21H23Cl2N. The van der Waals surface area contributed by atoms with Gasteiger partial charge in [0, 0.05) is 23.1 Å². The normalized spacial score (nSPS) is 16.6. The van der Waals surface area contributed by atoms with Gasteiger partial charge >= 0.3 is 0 Å². The van der Waals surface area contributed by atoms with Crippen LogP contribution in [0.3, 0.4) is 0 Å². The molecular weight excluding hydrogens is 337 g/mol. The molecule has 0 aliphatic carbocycles. The minimum absolute atomic E-state index is 0.708. The third kappa shape index (κ3) is 4.34. The molecule has 0 atom stereocenters. The molecule has 0 aromatic heterocycles. The molecule has 1 heterocycles. The molecule has 2 aromatic rings. The second-order valence-electron chi connectivity index (χ2n) is 6.22. The first kappa shape index (κ1) is 17.4. The van der Waals surface area contributed by atoms with Crippen LogP contribution in [0.2, 0.25) is 5.02 Å². The smallest absolute Gasteiger partial charge is 0.0406 e. The summed E-state index contributed by atoms with van der Waals surface area (Å²) in [6.45, 7) is 1.09. The number of allylic oxidation sites excluding steroid dienone is 2. The topological polar surface area (TPSA) is 12.0 Å². The van der Waals surface area contributed by atoms with Gasteiger partial charge in [0.2, 0.25) is 0 Å². The van der Waals surface area contributed by atoms with Crippen LogP contribution in [0.25, 0.3) is 16.7 Å². The van der Waals surface area contributed by atoms with Crippen molar-refractivity contribution in [3.63, 3.8) is 0 Å². The van der Waals surface area contributed by atoms with Gasteiger partial charge in [0.25, 0.3) is 0 Å². The van der Waals surface area contributed by atoms with Gasteiger partial charge in [0.1, 0.15) is 0 Å². The first-order valence-electron chi connectivity index (χ1n) is 8.66. The van der Waals surface area contributed by atoms with Gasteiger partial charge in [0.15, 0.2) is 0 Å².